The van der Waals surface area contributed by atoms with Crippen molar-refractivity contribution in [3.63, 3.8) is 0 Å². The van der Waals surface area contributed by atoms with E-state index in [-0.39, 0.29) is 56.9 Å². The average molecular weight is 443 g/mol. The third kappa shape index (κ3) is 25.6. The molecule has 6 heteroatoms. The van der Waals surface area contributed by atoms with E-state index in [0.717, 1.165) is 41.6 Å². The van der Waals surface area contributed by atoms with Gasteiger partial charge in [-0.05, 0) is 18.8 Å². The molecular weight excluding hydrogens is 412 g/mol. The molecular formula is C16H30Cl2NOSiZr. The number of rotatable bonds is 5. The predicted molar refractivity (Wildman–Crippen MR) is 87.7 cm³/mol. The van der Waals surface area contributed by atoms with Crippen molar-refractivity contribution in [3.05, 3.63) is 29.5 Å². The minimum absolute atomic E-state index is 0. The Morgan fingerprint density at radius 2 is 1.86 bits per heavy atom. The van der Waals surface area contributed by atoms with E-state index in [1.165, 1.54) is 5.57 Å². The number of allylic oxidation sites excluding steroid dienone is 4. The Bertz CT molecular complexity index is 285. The summed E-state index contributed by atoms with van der Waals surface area (Å²) in [7, 11) is 0.750. The average Bonchev–Trinajstić information content (AvgIpc) is 2.83. The molecule has 1 aliphatic carbocycles. The van der Waals surface area contributed by atoms with Gasteiger partial charge in [-0.25, -0.2) is 11.6 Å². The molecule has 0 aromatic heterocycles. The fourth-order valence-corrected chi connectivity index (χ4v) is 1.47. The molecule has 0 saturated carbocycles. The first-order valence-electron chi connectivity index (χ1n) is 7.26. The van der Waals surface area contributed by atoms with Crippen LogP contribution in [0.1, 0.15) is 52.9 Å². The molecule has 0 saturated heterocycles. The fraction of sp³-hybridized carbons (Fsp3) is 0.688. The van der Waals surface area contributed by atoms with Crippen LogP contribution in [0.2, 0.25) is 13.1 Å². The number of carbonyl (C=O) groups is 1. The van der Waals surface area contributed by atoms with Gasteiger partial charge >= 0.3 is 26.2 Å². The summed E-state index contributed by atoms with van der Waals surface area (Å²) in [5.41, 5.74) is 8.22. The van der Waals surface area contributed by atoms with Crippen molar-refractivity contribution in [2.24, 2.45) is 5.92 Å². The van der Waals surface area contributed by atoms with Gasteiger partial charge in [0.1, 0.15) is 0 Å². The third-order valence-corrected chi connectivity index (χ3v) is 2.64. The van der Waals surface area contributed by atoms with Crippen LogP contribution in [0.15, 0.2) is 17.7 Å². The fourth-order valence-electron chi connectivity index (χ4n) is 1.47. The Balaban J connectivity index is -0.0000000697. The maximum Gasteiger partial charge on any atom is 4.00 e. The molecule has 0 aliphatic heterocycles. The number of hydrogen-bond donors (Lipinski definition) is 0. The van der Waals surface area contributed by atoms with Gasteiger partial charge in [-0.3, -0.25) is 6.08 Å². The normalized spacial score (nSPS) is 11.8. The maximum absolute atomic E-state index is 10.5. The van der Waals surface area contributed by atoms with E-state index in [0.29, 0.717) is 0 Å². The Kier molecular flexibility index (Phi) is 41.1. The zero-order valence-electron chi connectivity index (χ0n) is 14.5. The summed E-state index contributed by atoms with van der Waals surface area (Å²) in [6.07, 6.45) is 12.1. The first-order valence-corrected chi connectivity index (χ1v) is 9.57. The molecule has 0 aromatic carbocycles. The summed E-state index contributed by atoms with van der Waals surface area (Å²) >= 11 is 0. The molecule has 1 radical (unpaired) electrons. The van der Waals surface area contributed by atoms with E-state index < -0.39 is 5.91 Å². The van der Waals surface area contributed by atoms with E-state index in [1.54, 1.807) is 0 Å². The van der Waals surface area contributed by atoms with Crippen LogP contribution in [0.25, 0.3) is 5.73 Å². The van der Waals surface area contributed by atoms with E-state index in [9.17, 15) is 4.79 Å². The number of unbranched alkanes of at least 4 members (excludes halogenated alkanes) is 1. The molecule has 2 nitrogen and oxygen atoms in total. The second-order valence-electron chi connectivity index (χ2n) is 4.69. The summed E-state index contributed by atoms with van der Waals surface area (Å²) < 4.78 is 0. The second kappa shape index (κ2) is 26.5. The number of nitrogens with one attached hydrogen (secondary N) is 1. The van der Waals surface area contributed by atoms with Crippen molar-refractivity contribution in [1.29, 1.82) is 0 Å². The first kappa shape index (κ1) is 34.1. The Morgan fingerprint density at radius 3 is 2.05 bits per heavy atom. The molecule has 1 rings (SSSR count). The van der Waals surface area contributed by atoms with Crippen LogP contribution in [0.4, 0.5) is 0 Å². The summed E-state index contributed by atoms with van der Waals surface area (Å²) in [6.45, 7) is 10.6. The Labute approximate surface area is 171 Å². The summed E-state index contributed by atoms with van der Waals surface area (Å²) in [6, 6.07) is 0. The van der Waals surface area contributed by atoms with E-state index in [1.807, 2.05) is 13.0 Å². The molecule has 1 atom stereocenters. The van der Waals surface area contributed by atoms with E-state index in [2.05, 4.69) is 39.1 Å². The summed E-state index contributed by atoms with van der Waals surface area (Å²) in [5, 5.41) is 0. The molecule has 1 amide bonds. The SMILES string of the molecule is CC1=CC[C-]=C1.CCCCC(CC)C([NH-])=O.C[SiH]C.[Cl-].[Cl-].[Zr+4]. The predicted octanol–water partition coefficient (Wildman–Crippen LogP) is -0.998. The van der Waals surface area contributed by atoms with Gasteiger partial charge < -0.3 is 35.3 Å². The Morgan fingerprint density at radius 1 is 1.36 bits per heavy atom. The van der Waals surface area contributed by atoms with Crippen molar-refractivity contribution in [3.8, 4) is 0 Å². The molecule has 1 unspecified atom stereocenters. The van der Waals surface area contributed by atoms with Crippen molar-refractivity contribution >= 4 is 15.4 Å². The molecule has 0 bridgehead atoms. The molecule has 0 aromatic rings. The van der Waals surface area contributed by atoms with Crippen LogP contribution in [0.5, 0.6) is 0 Å². The molecule has 127 valence electrons. The molecule has 1 N–H and O–H groups in total. The van der Waals surface area contributed by atoms with Crippen LogP contribution in [0.3, 0.4) is 0 Å². The van der Waals surface area contributed by atoms with Crippen molar-refractivity contribution in [2.75, 3.05) is 0 Å². The van der Waals surface area contributed by atoms with Gasteiger partial charge in [0.05, 0.1) is 5.91 Å². The van der Waals surface area contributed by atoms with Gasteiger partial charge in [0.25, 0.3) is 0 Å². The summed E-state index contributed by atoms with van der Waals surface area (Å²) in [4.78, 5) is 10.5. The van der Waals surface area contributed by atoms with Crippen molar-refractivity contribution in [1.82, 2.24) is 0 Å². The minimum Gasteiger partial charge on any atom is -1.00 e. The smallest absolute Gasteiger partial charge is 1.00 e. The van der Waals surface area contributed by atoms with Crippen LogP contribution in [-0.4, -0.2) is 15.4 Å². The number of amides is 1. The topological polar surface area (TPSA) is 40.9 Å². The van der Waals surface area contributed by atoms with Gasteiger partial charge in [0.15, 0.2) is 0 Å². The molecule has 22 heavy (non-hydrogen) atoms. The molecule has 0 heterocycles. The van der Waals surface area contributed by atoms with Gasteiger partial charge in [-0.2, -0.15) is 6.08 Å². The van der Waals surface area contributed by atoms with Gasteiger partial charge in [-0.1, -0.05) is 39.8 Å². The zero-order chi connectivity index (χ0) is 15.1. The van der Waals surface area contributed by atoms with Gasteiger partial charge in [0, 0.05) is 9.52 Å². The molecule has 1 aliphatic rings. The molecule has 0 fully saturated rings. The van der Waals surface area contributed by atoms with Crippen LogP contribution in [0, 0.1) is 12.0 Å². The zero-order valence-corrected chi connectivity index (χ0v) is 19.6. The first-order chi connectivity index (χ1) is 9.03. The van der Waals surface area contributed by atoms with E-state index in [4.69, 9.17) is 5.73 Å². The maximum atomic E-state index is 10.5. The van der Waals surface area contributed by atoms with Crippen molar-refractivity contribution in [2.45, 2.75) is 66.0 Å². The third-order valence-electron chi connectivity index (χ3n) is 2.64. The largest absolute Gasteiger partial charge is 4.00 e. The van der Waals surface area contributed by atoms with Gasteiger partial charge in [0.2, 0.25) is 0 Å². The quantitative estimate of drug-likeness (QED) is 0.398. The summed E-state index contributed by atoms with van der Waals surface area (Å²) in [5.74, 6) is -0.393. The number of hydrogen-bond acceptors (Lipinski definition) is 1. The Hall–Kier alpha value is 0.630. The van der Waals surface area contributed by atoms with Crippen LogP contribution in [-0.2, 0) is 31.0 Å². The van der Waals surface area contributed by atoms with Crippen LogP contribution < -0.4 is 24.8 Å². The van der Waals surface area contributed by atoms with Crippen LogP contribution >= 0.6 is 0 Å². The minimum atomic E-state index is -0.393. The second-order valence-corrected chi connectivity index (χ2v) is 5.84. The molecule has 0 spiro atoms. The van der Waals surface area contributed by atoms with E-state index >= 15 is 0 Å². The number of carbonyl (C=O) groups excluding carboxylic acids is 1. The standard InChI is InChI=1S/C8H17NO.C6H7.C2H7Si.2ClH.Zr/c1-3-5-6-7(4-2)8(9)10;1-6-4-2-3-5-6;1-3-2;;;/h7H,3-6H2,1-2H3,(H2,9,10);4-5H,2H2,1H3;3H,1-2H3;2*1H;/q;-1;;;;+4/p-3. The number of halogens is 2. The van der Waals surface area contributed by atoms with Gasteiger partial charge in [-0.15, -0.1) is 13.3 Å². The van der Waals surface area contributed by atoms with Crippen molar-refractivity contribution < 1.29 is 55.8 Å². The monoisotopic (exact) mass is 440 g/mol.